The molecule has 1 atom stereocenters. The molecule has 0 aliphatic heterocycles. The van der Waals surface area contributed by atoms with Gasteiger partial charge in [-0.1, -0.05) is 30.3 Å². The van der Waals surface area contributed by atoms with Crippen molar-refractivity contribution < 1.29 is 24.5 Å². The molecule has 1 aliphatic carbocycles. The Labute approximate surface area is 154 Å². The van der Waals surface area contributed by atoms with Crippen molar-refractivity contribution in [3.05, 3.63) is 70.1 Å². The van der Waals surface area contributed by atoms with E-state index < -0.39 is 11.7 Å². The molecule has 0 bridgehead atoms. The molecule has 4 rings (SSSR count). The van der Waals surface area contributed by atoms with Crippen LogP contribution < -0.4 is 5.63 Å². The summed E-state index contributed by atoms with van der Waals surface area (Å²) in [5.41, 5.74) is 1.42. The molecule has 6 heteroatoms. The number of hydrogen-bond acceptors (Lipinski definition) is 6. The number of aliphatic hydroxyl groups is 1. The smallest absolute Gasteiger partial charge is 0.339 e. The third-order valence-electron chi connectivity index (χ3n) is 4.64. The molecule has 0 amide bonds. The molecule has 1 aromatic heterocycles. The SMILES string of the molecule is O=C1CC(O)Cc2c1c(O)cc(-c1ccccc1)c2-c1cc(O)cc(=O)o1. The van der Waals surface area contributed by atoms with E-state index in [1.807, 2.05) is 30.3 Å². The number of benzene rings is 2. The van der Waals surface area contributed by atoms with Gasteiger partial charge in [-0.3, -0.25) is 4.79 Å². The molecular formula is C21H16O6. The van der Waals surface area contributed by atoms with Crippen molar-refractivity contribution in [3.63, 3.8) is 0 Å². The van der Waals surface area contributed by atoms with Crippen LogP contribution in [0, 0.1) is 0 Å². The molecule has 1 aliphatic rings. The third kappa shape index (κ3) is 3.00. The summed E-state index contributed by atoms with van der Waals surface area (Å²) in [7, 11) is 0. The number of aromatic hydroxyl groups is 2. The Morgan fingerprint density at radius 3 is 2.37 bits per heavy atom. The van der Waals surface area contributed by atoms with Gasteiger partial charge >= 0.3 is 5.63 Å². The van der Waals surface area contributed by atoms with Gasteiger partial charge in [0.25, 0.3) is 0 Å². The first-order chi connectivity index (χ1) is 12.9. The highest BCUT2D eigenvalue weighted by molar-refractivity contribution is 6.05. The van der Waals surface area contributed by atoms with Crippen molar-refractivity contribution in [1.82, 2.24) is 0 Å². The molecule has 0 fully saturated rings. The summed E-state index contributed by atoms with van der Waals surface area (Å²) in [5, 5.41) is 30.5. The normalized spacial score (nSPS) is 16.2. The van der Waals surface area contributed by atoms with E-state index in [0.29, 0.717) is 16.7 Å². The molecule has 1 unspecified atom stereocenters. The van der Waals surface area contributed by atoms with Crippen molar-refractivity contribution in [2.45, 2.75) is 18.9 Å². The van der Waals surface area contributed by atoms with Crippen molar-refractivity contribution >= 4 is 5.78 Å². The Bertz CT molecular complexity index is 1100. The molecule has 3 aromatic rings. The Morgan fingerprint density at radius 2 is 1.67 bits per heavy atom. The standard InChI is InChI=1S/C21H16O6/c22-12-6-15-20(18-8-13(23)9-19(26)27-18)14(11-4-2-1-3-5-11)10-17(25)21(15)16(24)7-12/h1-5,8-10,12,22-23,25H,6-7H2. The Kier molecular flexibility index (Phi) is 4.05. The molecule has 0 radical (unpaired) electrons. The molecule has 3 N–H and O–H groups in total. The minimum atomic E-state index is -0.904. The largest absolute Gasteiger partial charge is 0.508 e. The van der Waals surface area contributed by atoms with E-state index in [0.717, 1.165) is 11.6 Å². The van der Waals surface area contributed by atoms with Gasteiger partial charge in [-0.2, -0.15) is 0 Å². The number of carbonyl (C=O) groups is 1. The lowest BCUT2D eigenvalue weighted by molar-refractivity contribution is 0.0850. The number of fused-ring (bicyclic) bond motifs is 1. The molecule has 0 saturated carbocycles. The van der Waals surface area contributed by atoms with Gasteiger partial charge < -0.3 is 19.7 Å². The fraction of sp³-hybridized carbons (Fsp3) is 0.143. The highest BCUT2D eigenvalue weighted by Gasteiger charge is 2.32. The molecule has 0 spiro atoms. The lowest BCUT2D eigenvalue weighted by Gasteiger charge is -2.25. The molecule has 136 valence electrons. The fourth-order valence-corrected chi connectivity index (χ4v) is 3.58. The number of phenols is 1. The minimum absolute atomic E-state index is 0.0667. The van der Waals surface area contributed by atoms with Crippen LogP contribution in [0.3, 0.4) is 0 Å². The van der Waals surface area contributed by atoms with Crippen LogP contribution in [0.4, 0.5) is 0 Å². The number of aliphatic hydroxyl groups excluding tert-OH is 1. The molecular weight excluding hydrogens is 348 g/mol. The van der Waals surface area contributed by atoms with Crippen molar-refractivity contribution in [2.24, 2.45) is 0 Å². The highest BCUT2D eigenvalue weighted by Crippen LogP contribution is 2.43. The summed E-state index contributed by atoms with van der Waals surface area (Å²) >= 11 is 0. The van der Waals surface area contributed by atoms with E-state index >= 15 is 0 Å². The summed E-state index contributed by atoms with van der Waals surface area (Å²) in [6.07, 6.45) is -0.878. The van der Waals surface area contributed by atoms with Crippen molar-refractivity contribution in [3.8, 4) is 33.9 Å². The maximum absolute atomic E-state index is 12.4. The second-order valence-corrected chi connectivity index (χ2v) is 6.52. The zero-order valence-electron chi connectivity index (χ0n) is 14.2. The summed E-state index contributed by atoms with van der Waals surface area (Å²) in [4.78, 5) is 24.2. The first-order valence-electron chi connectivity index (χ1n) is 8.44. The molecule has 6 nitrogen and oxygen atoms in total. The Balaban J connectivity index is 2.12. The van der Waals surface area contributed by atoms with Gasteiger partial charge in [0.05, 0.1) is 17.7 Å². The average molecular weight is 364 g/mol. The van der Waals surface area contributed by atoms with E-state index in [1.165, 1.54) is 12.1 Å². The number of rotatable bonds is 2. The number of phenolic OH excluding ortho intramolecular Hbond substituents is 1. The summed E-state index contributed by atoms with van der Waals surface area (Å²) < 4.78 is 5.29. The third-order valence-corrected chi connectivity index (χ3v) is 4.64. The minimum Gasteiger partial charge on any atom is -0.508 e. The Morgan fingerprint density at radius 1 is 0.926 bits per heavy atom. The molecule has 2 aromatic carbocycles. The monoisotopic (exact) mass is 364 g/mol. The van der Waals surface area contributed by atoms with Crippen LogP contribution in [-0.4, -0.2) is 27.2 Å². The lowest BCUT2D eigenvalue weighted by Crippen LogP contribution is -2.25. The quantitative estimate of drug-likeness (QED) is 0.645. The van der Waals surface area contributed by atoms with Gasteiger partial charge in [0.15, 0.2) is 5.78 Å². The van der Waals surface area contributed by atoms with Crippen molar-refractivity contribution in [1.29, 1.82) is 0 Å². The van der Waals surface area contributed by atoms with E-state index in [2.05, 4.69) is 0 Å². The second kappa shape index (κ2) is 6.41. The van der Waals surface area contributed by atoms with Crippen LogP contribution in [0.2, 0.25) is 0 Å². The summed E-state index contributed by atoms with van der Waals surface area (Å²) in [6.45, 7) is 0. The van der Waals surface area contributed by atoms with Gasteiger partial charge in [-0.15, -0.1) is 0 Å². The maximum atomic E-state index is 12.4. The van der Waals surface area contributed by atoms with Crippen LogP contribution in [0.15, 0.2) is 57.7 Å². The lowest BCUT2D eigenvalue weighted by atomic mass is 9.81. The number of ketones is 1. The highest BCUT2D eigenvalue weighted by atomic mass is 16.4. The number of carbonyl (C=O) groups excluding carboxylic acids is 1. The first-order valence-corrected chi connectivity index (χ1v) is 8.44. The van der Waals surface area contributed by atoms with Gasteiger partial charge in [0.2, 0.25) is 0 Å². The second-order valence-electron chi connectivity index (χ2n) is 6.52. The Hall–Kier alpha value is -3.38. The van der Waals surface area contributed by atoms with Crippen LogP contribution >= 0.6 is 0 Å². The van der Waals surface area contributed by atoms with Gasteiger partial charge in [-0.05, 0) is 22.8 Å². The summed E-state index contributed by atoms with van der Waals surface area (Å²) in [6, 6.07) is 12.8. The zero-order chi connectivity index (χ0) is 19.1. The zero-order valence-corrected chi connectivity index (χ0v) is 14.2. The van der Waals surface area contributed by atoms with Gasteiger partial charge in [0, 0.05) is 24.5 Å². The first kappa shape index (κ1) is 17.1. The van der Waals surface area contributed by atoms with Crippen molar-refractivity contribution in [2.75, 3.05) is 0 Å². The average Bonchev–Trinajstić information content (AvgIpc) is 2.60. The summed E-state index contributed by atoms with van der Waals surface area (Å²) in [5.74, 6) is -0.779. The van der Waals surface area contributed by atoms with Crippen LogP contribution in [-0.2, 0) is 6.42 Å². The van der Waals surface area contributed by atoms with E-state index in [4.69, 9.17) is 4.42 Å². The molecule has 27 heavy (non-hydrogen) atoms. The van der Waals surface area contributed by atoms with Crippen LogP contribution in [0.5, 0.6) is 11.5 Å². The maximum Gasteiger partial charge on any atom is 0.339 e. The molecule has 1 heterocycles. The predicted octanol–water partition coefficient (Wildman–Crippen LogP) is 2.87. The van der Waals surface area contributed by atoms with E-state index in [1.54, 1.807) is 0 Å². The van der Waals surface area contributed by atoms with Gasteiger partial charge in [0.1, 0.15) is 17.3 Å². The van der Waals surface area contributed by atoms with Crippen LogP contribution in [0.1, 0.15) is 22.3 Å². The number of Topliss-reactive ketones (excluding diaryl/α,β-unsaturated/α-hetero) is 1. The predicted molar refractivity (Wildman–Crippen MR) is 97.8 cm³/mol. The topological polar surface area (TPSA) is 108 Å². The van der Waals surface area contributed by atoms with Crippen LogP contribution in [0.25, 0.3) is 22.5 Å². The fourth-order valence-electron chi connectivity index (χ4n) is 3.58. The number of hydrogen-bond donors (Lipinski definition) is 3. The van der Waals surface area contributed by atoms with E-state index in [9.17, 15) is 24.9 Å². The van der Waals surface area contributed by atoms with Gasteiger partial charge in [-0.25, -0.2) is 4.79 Å². The van der Waals surface area contributed by atoms with E-state index in [-0.39, 0.29) is 41.4 Å². The molecule has 0 saturated heterocycles.